The Morgan fingerprint density at radius 1 is 1.00 bits per heavy atom. The number of methoxy groups -OCH3 is 1. The van der Waals surface area contributed by atoms with Crippen LogP contribution in [0.4, 0.5) is 0 Å². The summed E-state index contributed by atoms with van der Waals surface area (Å²) in [6, 6.07) is 0. The Bertz CT molecular complexity index is 274. The first-order valence-corrected chi connectivity index (χ1v) is 9.10. The average molecular weight is 312 g/mol. The Labute approximate surface area is 137 Å². The van der Waals surface area contributed by atoms with E-state index in [2.05, 4.69) is 23.8 Å². The van der Waals surface area contributed by atoms with Crippen LogP contribution in [-0.2, 0) is 9.53 Å². The molecule has 0 bridgehead atoms. The molecule has 1 atom stereocenters. The van der Waals surface area contributed by atoms with E-state index in [1.165, 1.54) is 45.6 Å². The minimum atomic E-state index is -0.161. The van der Waals surface area contributed by atoms with Gasteiger partial charge in [-0.05, 0) is 32.1 Å². The van der Waals surface area contributed by atoms with E-state index >= 15 is 0 Å². The fourth-order valence-corrected chi connectivity index (χ4v) is 2.46. The maximum Gasteiger partial charge on any atom is 0.305 e. The van der Waals surface area contributed by atoms with E-state index in [9.17, 15) is 9.90 Å². The van der Waals surface area contributed by atoms with Crippen molar-refractivity contribution >= 4 is 5.97 Å². The van der Waals surface area contributed by atoms with Crippen LogP contribution in [0.2, 0.25) is 0 Å². The minimum Gasteiger partial charge on any atom is -0.469 e. The summed E-state index contributed by atoms with van der Waals surface area (Å²) in [4.78, 5) is 10.9. The molecule has 0 radical (unpaired) electrons. The van der Waals surface area contributed by atoms with Crippen LogP contribution in [0, 0.1) is 0 Å². The van der Waals surface area contributed by atoms with Gasteiger partial charge in [-0.1, -0.05) is 64.0 Å². The molecule has 130 valence electrons. The van der Waals surface area contributed by atoms with Crippen molar-refractivity contribution in [2.24, 2.45) is 0 Å². The van der Waals surface area contributed by atoms with Crippen molar-refractivity contribution in [2.45, 2.75) is 96.5 Å². The van der Waals surface area contributed by atoms with Crippen molar-refractivity contribution in [1.82, 2.24) is 0 Å². The third-order valence-corrected chi connectivity index (χ3v) is 3.95. The van der Waals surface area contributed by atoms with Gasteiger partial charge in [0, 0.05) is 6.42 Å². The maximum atomic E-state index is 10.9. The standard InChI is InChI=1S/C19H36O3/c1-3-4-5-12-15-18(20)16-13-10-8-6-7-9-11-14-17-19(21)22-2/h10,13,18,20H,3-9,11-12,14-17H2,1-2H3/b13-10+/t18-/m1/s1. The Kier molecular flexibility index (Phi) is 15.9. The lowest BCUT2D eigenvalue weighted by Gasteiger charge is -2.07. The molecule has 0 aliphatic carbocycles. The molecule has 0 saturated carbocycles. The molecule has 3 heteroatoms. The van der Waals surface area contributed by atoms with E-state index in [0.29, 0.717) is 6.42 Å². The molecule has 0 saturated heterocycles. The molecule has 0 heterocycles. The summed E-state index contributed by atoms with van der Waals surface area (Å²) in [6.07, 6.45) is 18.1. The summed E-state index contributed by atoms with van der Waals surface area (Å²) in [5.74, 6) is -0.101. The van der Waals surface area contributed by atoms with E-state index in [1.807, 2.05) is 0 Å². The normalized spacial score (nSPS) is 12.7. The predicted octanol–water partition coefficient (Wildman–Crippen LogP) is 5.17. The molecule has 0 aliphatic rings. The lowest BCUT2D eigenvalue weighted by molar-refractivity contribution is -0.140. The monoisotopic (exact) mass is 312 g/mol. The molecule has 0 unspecified atom stereocenters. The number of allylic oxidation sites excluding steroid dienone is 1. The molecular weight excluding hydrogens is 276 g/mol. The number of carbonyl (C=O) groups excluding carboxylic acids is 1. The Balaban J connectivity index is 3.28. The fourth-order valence-electron chi connectivity index (χ4n) is 2.46. The minimum absolute atomic E-state index is 0.101. The van der Waals surface area contributed by atoms with Crippen LogP contribution in [0.5, 0.6) is 0 Å². The maximum absolute atomic E-state index is 10.9. The second-order valence-corrected chi connectivity index (χ2v) is 6.09. The summed E-state index contributed by atoms with van der Waals surface area (Å²) >= 11 is 0. The first-order chi connectivity index (χ1) is 10.7. The number of ether oxygens (including phenoxy) is 1. The van der Waals surface area contributed by atoms with Crippen LogP contribution >= 0.6 is 0 Å². The van der Waals surface area contributed by atoms with E-state index in [4.69, 9.17) is 0 Å². The quantitative estimate of drug-likeness (QED) is 0.258. The lowest BCUT2D eigenvalue weighted by Crippen LogP contribution is -2.04. The second-order valence-electron chi connectivity index (χ2n) is 6.09. The van der Waals surface area contributed by atoms with Crippen molar-refractivity contribution in [1.29, 1.82) is 0 Å². The number of unbranched alkanes of at least 4 members (excludes halogenated alkanes) is 8. The Morgan fingerprint density at radius 2 is 1.68 bits per heavy atom. The lowest BCUT2D eigenvalue weighted by atomic mass is 10.1. The SMILES string of the molecule is CCCCCC[C@@H](O)C/C=C/CCCCCCCC(=O)OC. The third-order valence-electron chi connectivity index (χ3n) is 3.95. The number of hydrogen-bond donors (Lipinski definition) is 1. The van der Waals surface area contributed by atoms with Crippen LogP contribution in [-0.4, -0.2) is 24.3 Å². The highest BCUT2D eigenvalue weighted by molar-refractivity contribution is 5.68. The van der Waals surface area contributed by atoms with E-state index < -0.39 is 0 Å². The van der Waals surface area contributed by atoms with Crippen LogP contribution < -0.4 is 0 Å². The van der Waals surface area contributed by atoms with Crippen LogP contribution in [0.25, 0.3) is 0 Å². The van der Waals surface area contributed by atoms with Gasteiger partial charge in [0.05, 0.1) is 13.2 Å². The second kappa shape index (κ2) is 16.5. The van der Waals surface area contributed by atoms with Crippen LogP contribution in [0.3, 0.4) is 0 Å². The Hall–Kier alpha value is -0.830. The van der Waals surface area contributed by atoms with Gasteiger partial charge < -0.3 is 9.84 Å². The molecule has 1 N–H and O–H groups in total. The van der Waals surface area contributed by atoms with Crippen molar-refractivity contribution in [3.8, 4) is 0 Å². The van der Waals surface area contributed by atoms with Gasteiger partial charge in [-0.15, -0.1) is 0 Å². The van der Waals surface area contributed by atoms with Gasteiger partial charge in [0.1, 0.15) is 0 Å². The first-order valence-electron chi connectivity index (χ1n) is 9.10. The molecule has 0 rings (SSSR count). The number of esters is 1. The van der Waals surface area contributed by atoms with Crippen LogP contribution in [0.1, 0.15) is 90.4 Å². The molecule has 22 heavy (non-hydrogen) atoms. The molecule has 0 spiro atoms. The molecular formula is C19H36O3. The van der Waals surface area contributed by atoms with Gasteiger partial charge in [-0.3, -0.25) is 4.79 Å². The molecule has 0 aromatic heterocycles. The van der Waals surface area contributed by atoms with Gasteiger partial charge in [-0.25, -0.2) is 0 Å². The zero-order valence-electron chi connectivity index (χ0n) is 14.7. The third kappa shape index (κ3) is 15.6. The van der Waals surface area contributed by atoms with Crippen molar-refractivity contribution in [3.05, 3.63) is 12.2 Å². The summed E-state index contributed by atoms with van der Waals surface area (Å²) < 4.78 is 4.61. The number of rotatable bonds is 15. The van der Waals surface area contributed by atoms with E-state index in [0.717, 1.165) is 38.5 Å². The summed E-state index contributed by atoms with van der Waals surface area (Å²) in [7, 11) is 1.44. The summed E-state index contributed by atoms with van der Waals surface area (Å²) in [5, 5.41) is 9.82. The van der Waals surface area contributed by atoms with Gasteiger partial charge in [0.15, 0.2) is 0 Å². The number of carbonyl (C=O) groups is 1. The highest BCUT2D eigenvalue weighted by atomic mass is 16.5. The van der Waals surface area contributed by atoms with E-state index in [1.54, 1.807) is 0 Å². The molecule has 0 fully saturated rings. The van der Waals surface area contributed by atoms with E-state index in [-0.39, 0.29) is 12.1 Å². The number of aliphatic hydroxyl groups is 1. The van der Waals surface area contributed by atoms with Gasteiger partial charge in [0.2, 0.25) is 0 Å². The zero-order valence-corrected chi connectivity index (χ0v) is 14.7. The highest BCUT2D eigenvalue weighted by Crippen LogP contribution is 2.10. The van der Waals surface area contributed by atoms with Crippen LogP contribution in [0.15, 0.2) is 12.2 Å². The highest BCUT2D eigenvalue weighted by Gasteiger charge is 2.01. The molecule has 0 aliphatic heterocycles. The van der Waals surface area contributed by atoms with Crippen molar-refractivity contribution in [2.75, 3.05) is 7.11 Å². The molecule has 0 aromatic carbocycles. The predicted molar refractivity (Wildman–Crippen MR) is 92.9 cm³/mol. The smallest absolute Gasteiger partial charge is 0.305 e. The topological polar surface area (TPSA) is 46.5 Å². The zero-order chi connectivity index (χ0) is 16.5. The largest absolute Gasteiger partial charge is 0.469 e. The van der Waals surface area contributed by atoms with Gasteiger partial charge in [0.25, 0.3) is 0 Å². The first kappa shape index (κ1) is 21.2. The molecule has 3 nitrogen and oxygen atoms in total. The van der Waals surface area contributed by atoms with Crippen molar-refractivity contribution < 1.29 is 14.6 Å². The summed E-state index contributed by atoms with van der Waals surface area (Å²) in [5.41, 5.74) is 0. The number of hydrogen-bond acceptors (Lipinski definition) is 3. The number of aliphatic hydroxyl groups excluding tert-OH is 1. The Morgan fingerprint density at radius 3 is 2.41 bits per heavy atom. The fraction of sp³-hybridized carbons (Fsp3) is 0.842. The van der Waals surface area contributed by atoms with Crippen molar-refractivity contribution in [3.63, 3.8) is 0 Å². The molecule has 0 amide bonds. The average Bonchev–Trinajstić information content (AvgIpc) is 2.53. The van der Waals surface area contributed by atoms with Gasteiger partial charge >= 0.3 is 5.97 Å². The molecule has 0 aromatic rings. The summed E-state index contributed by atoms with van der Waals surface area (Å²) in [6.45, 7) is 2.21. The van der Waals surface area contributed by atoms with Gasteiger partial charge in [-0.2, -0.15) is 0 Å².